The summed E-state index contributed by atoms with van der Waals surface area (Å²) in [5, 5.41) is 11.0. The molecule has 0 saturated carbocycles. The van der Waals surface area contributed by atoms with Crippen molar-refractivity contribution in [2.45, 2.75) is 6.42 Å². The Balaban J connectivity index is 2.51. The van der Waals surface area contributed by atoms with E-state index in [0.29, 0.717) is 0 Å². The molecule has 0 aliphatic carbocycles. The molecule has 1 fully saturated rings. The molecular weight excluding hydrogens is 319 g/mol. The summed E-state index contributed by atoms with van der Waals surface area (Å²) in [6.45, 7) is 3.88. The Hall–Kier alpha value is -1.76. The van der Waals surface area contributed by atoms with Crippen molar-refractivity contribution in [2.75, 3.05) is 11.4 Å². The molecule has 1 aromatic carbocycles. The van der Waals surface area contributed by atoms with E-state index in [1.807, 2.05) is 0 Å². The van der Waals surface area contributed by atoms with Crippen LogP contribution in [0.15, 0.2) is 29.3 Å². The molecule has 7 heteroatoms. The van der Waals surface area contributed by atoms with Crippen molar-refractivity contribution in [3.8, 4) is 0 Å². The van der Waals surface area contributed by atoms with E-state index in [-0.39, 0.29) is 35.0 Å². The van der Waals surface area contributed by atoms with Crippen LogP contribution in [0.5, 0.6) is 0 Å². The van der Waals surface area contributed by atoms with E-state index in [4.69, 9.17) is 0 Å². The van der Waals surface area contributed by atoms with Gasteiger partial charge in [0.2, 0.25) is 11.7 Å². The van der Waals surface area contributed by atoms with Crippen LogP contribution in [-0.4, -0.2) is 17.4 Å². The minimum atomic E-state index is -0.975. The lowest BCUT2D eigenvalue weighted by atomic mass is 10.1. The first kappa shape index (κ1) is 13.7. The minimum absolute atomic E-state index is 0.00475. The summed E-state index contributed by atoms with van der Waals surface area (Å²) in [6, 6.07) is 2.72. The van der Waals surface area contributed by atoms with Crippen LogP contribution in [0.4, 0.5) is 15.8 Å². The van der Waals surface area contributed by atoms with Crippen LogP contribution in [0.3, 0.4) is 0 Å². The molecule has 1 unspecified atom stereocenters. The molecule has 19 heavy (non-hydrogen) atoms. The molecule has 0 spiro atoms. The molecule has 0 N–H and O–H groups in total. The average Bonchev–Trinajstić information content (AvgIpc) is 2.73. The number of carbonyl (C=O) groups is 1. The van der Waals surface area contributed by atoms with Crippen molar-refractivity contribution in [2.24, 2.45) is 5.92 Å². The van der Waals surface area contributed by atoms with Gasteiger partial charge in [0.25, 0.3) is 0 Å². The highest BCUT2D eigenvalue weighted by Crippen LogP contribution is 2.37. The predicted octanol–water partition coefficient (Wildman–Crippen LogP) is 3.04. The van der Waals surface area contributed by atoms with Gasteiger partial charge in [-0.05, 0) is 28.1 Å². The van der Waals surface area contributed by atoms with E-state index in [0.717, 1.165) is 0 Å². The number of amides is 1. The number of nitrogens with zero attached hydrogens (tertiary/aromatic N) is 2. The highest BCUT2D eigenvalue weighted by molar-refractivity contribution is 9.10. The zero-order chi connectivity index (χ0) is 14.2. The number of rotatable bonds is 3. The normalized spacial score (nSPS) is 18.7. The largest absolute Gasteiger partial charge is 0.329 e. The molecule has 100 valence electrons. The van der Waals surface area contributed by atoms with Gasteiger partial charge in [0.05, 0.1) is 9.40 Å². The zero-order valence-corrected chi connectivity index (χ0v) is 11.4. The second-order valence-corrected chi connectivity index (χ2v) is 5.04. The molecule has 1 heterocycles. The van der Waals surface area contributed by atoms with Gasteiger partial charge in [-0.1, -0.05) is 6.08 Å². The highest BCUT2D eigenvalue weighted by Gasteiger charge is 2.35. The van der Waals surface area contributed by atoms with Crippen molar-refractivity contribution < 1.29 is 14.1 Å². The molecule has 0 aromatic heterocycles. The summed E-state index contributed by atoms with van der Waals surface area (Å²) in [7, 11) is 0. The molecule has 1 aromatic rings. The van der Waals surface area contributed by atoms with Crippen molar-refractivity contribution in [1.82, 2.24) is 0 Å². The molecule has 1 atom stereocenters. The SMILES string of the molecule is C=CC1CC(=O)N(c2ccc(Br)c(F)c2[N+](=O)[O-])C1. The van der Waals surface area contributed by atoms with Gasteiger partial charge in [0.1, 0.15) is 5.69 Å². The number of hydrogen-bond acceptors (Lipinski definition) is 3. The fourth-order valence-electron chi connectivity index (χ4n) is 2.05. The maximum Gasteiger partial charge on any atom is 0.329 e. The fourth-order valence-corrected chi connectivity index (χ4v) is 2.37. The van der Waals surface area contributed by atoms with Crippen molar-refractivity contribution in [1.29, 1.82) is 0 Å². The van der Waals surface area contributed by atoms with Crippen LogP contribution >= 0.6 is 15.9 Å². The summed E-state index contributed by atoms with van der Waals surface area (Å²) >= 11 is 2.90. The molecule has 1 saturated heterocycles. The summed E-state index contributed by atoms with van der Waals surface area (Å²) in [5.41, 5.74) is -0.701. The van der Waals surface area contributed by atoms with Crippen LogP contribution < -0.4 is 4.90 Å². The number of carbonyl (C=O) groups excluding carboxylic acids is 1. The second kappa shape index (κ2) is 5.08. The van der Waals surface area contributed by atoms with E-state index in [9.17, 15) is 19.3 Å². The Kier molecular flexibility index (Phi) is 3.66. The topological polar surface area (TPSA) is 63.5 Å². The Morgan fingerprint density at radius 3 is 2.79 bits per heavy atom. The van der Waals surface area contributed by atoms with Crippen LogP contribution in [-0.2, 0) is 4.79 Å². The zero-order valence-electron chi connectivity index (χ0n) is 9.81. The standard InChI is InChI=1S/C12H10BrFN2O3/c1-2-7-5-10(17)15(6-7)9-4-3-8(13)11(14)12(9)16(18)19/h2-4,7H,1,5-6H2. The maximum atomic E-state index is 13.8. The smallest absolute Gasteiger partial charge is 0.306 e. The van der Waals surface area contributed by atoms with Gasteiger partial charge in [-0.3, -0.25) is 14.9 Å². The molecule has 1 aliphatic rings. The van der Waals surface area contributed by atoms with E-state index in [2.05, 4.69) is 22.5 Å². The molecule has 0 bridgehead atoms. The van der Waals surface area contributed by atoms with Crippen LogP contribution in [0.1, 0.15) is 6.42 Å². The Bertz CT molecular complexity index is 576. The minimum Gasteiger partial charge on any atom is -0.306 e. The highest BCUT2D eigenvalue weighted by atomic mass is 79.9. The van der Waals surface area contributed by atoms with Crippen molar-refractivity contribution in [3.05, 3.63) is 45.2 Å². The second-order valence-electron chi connectivity index (χ2n) is 4.19. The lowest BCUT2D eigenvalue weighted by Crippen LogP contribution is -2.25. The van der Waals surface area contributed by atoms with Crippen molar-refractivity contribution in [3.63, 3.8) is 0 Å². The number of halogens is 2. The third kappa shape index (κ3) is 2.37. The molecule has 1 amide bonds. The number of benzene rings is 1. The van der Waals surface area contributed by atoms with Crippen LogP contribution in [0.25, 0.3) is 0 Å². The number of nitro benzene ring substituents is 1. The van der Waals surface area contributed by atoms with Crippen LogP contribution in [0, 0.1) is 21.8 Å². The Morgan fingerprint density at radius 1 is 1.58 bits per heavy atom. The summed E-state index contributed by atoms with van der Waals surface area (Å²) in [5.74, 6) is -1.31. The van der Waals surface area contributed by atoms with Crippen LogP contribution in [0.2, 0.25) is 0 Å². The van der Waals surface area contributed by atoms with Gasteiger partial charge in [0, 0.05) is 18.9 Å². The third-order valence-electron chi connectivity index (χ3n) is 3.01. The summed E-state index contributed by atoms with van der Waals surface area (Å²) in [4.78, 5) is 23.3. The number of anilines is 1. The quantitative estimate of drug-likeness (QED) is 0.486. The first-order chi connectivity index (χ1) is 8.95. The molecule has 5 nitrogen and oxygen atoms in total. The third-order valence-corrected chi connectivity index (χ3v) is 3.62. The van der Waals surface area contributed by atoms with Gasteiger partial charge in [-0.25, -0.2) is 0 Å². The fraction of sp³-hybridized carbons (Fsp3) is 0.250. The van der Waals surface area contributed by atoms with Gasteiger partial charge < -0.3 is 4.90 Å². The molecule has 1 aliphatic heterocycles. The first-order valence-corrected chi connectivity index (χ1v) is 6.30. The molecule has 0 radical (unpaired) electrons. The van der Waals surface area contributed by atoms with E-state index < -0.39 is 16.4 Å². The maximum absolute atomic E-state index is 13.8. The summed E-state index contributed by atoms with van der Waals surface area (Å²) in [6.07, 6.45) is 1.86. The number of hydrogen-bond donors (Lipinski definition) is 0. The first-order valence-electron chi connectivity index (χ1n) is 5.51. The van der Waals surface area contributed by atoms with Gasteiger partial charge in [0.15, 0.2) is 0 Å². The van der Waals surface area contributed by atoms with Gasteiger partial charge >= 0.3 is 5.69 Å². The molecular formula is C12H10BrFN2O3. The van der Waals surface area contributed by atoms with E-state index in [1.165, 1.54) is 17.0 Å². The predicted molar refractivity (Wildman–Crippen MR) is 71.4 cm³/mol. The lowest BCUT2D eigenvalue weighted by molar-refractivity contribution is -0.386. The Labute approximate surface area is 117 Å². The number of nitro groups is 1. The van der Waals surface area contributed by atoms with E-state index in [1.54, 1.807) is 6.08 Å². The van der Waals surface area contributed by atoms with Gasteiger partial charge in [-0.2, -0.15) is 4.39 Å². The average molecular weight is 329 g/mol. The lowest BCUT2D eigenvalue weighted by Gasteiger charge is -2.16. The summed E-state index contributed by atoms with van der Waals surface area (Å²) < 4.78 is 13.8. The monoisotopic (exact) mass is 328 g/mol. The molecule has 2 rings (SSSR count). The Morgan fingerprint density at radius 2 is 2.26 bits per heavy atom. The van der Waals surface area contributed by atoms with Gasteiger partial charge in [-0.15, -0.1) is 6.58 Å². The van der Waals surface area contributed by atoms with Crippen molar-refractivity contribution >= 4 is 33.2 Å². The van der Waals surface area contributed by atoms with E-state index >= 15 is 0 Å².